The van der Waals surface area contributed by atoms with Crippen molar-refractivity contribution in [1.82, 2.24) is 4.90 Å². The fourth-order valence-corrected chi connectivity index (χ4v) is 2.60. The monoisotopic (exact) mass is 262 g/mol. The summed E-state index contributed by atoms with van der Waals surface area (Å²) in [5.41, 5.74) is 7.14. The van der Waals surface area contributed by atoms with Crippen molar-refractivity contribution in [3.8, 4) is 0 Å². The van der Waals surface area contributed by atoms with E-state index in [0.29, 0.717) is 6.54 Å². The smallest absolute Gasteiger partial charge is 0.307 e. The molecule has 1 aromatic rings. The molecule has 2 rings (SSSR count). The van der Waals surface area contributed by atoms with Gasteiger partial charge in [0.2, 0.25) is 5.91 Å². The van der Waals surface area contributed by atoms with E-state index in [2.05, 4.69) is 0 Å². The van der Waals surface area contributed by atoms with Gasteiger partial charge in [0.1, 0.15) is 0 Å². The first kappa shape index (κ1) is 13.5. The van der Waals surface area contributed by atoms with E-state index < -0.39 is 5.97 Å². The molecule has 1 aliphatic heterocycles. The largest absolute Gasteiger partial charge is 0.481 e. The molecule has 3 N–H and O–H groups in total. The number of hydrogen-bond donors (Lipinski definition) is 2. The van der Waals surface area contributed by atoms with Gasteiger partial charge in [0.05, 0.1) is 12.5 Å². The number of carbonyl (C=O) groups is 2. The molecule has 1 heterocycles. The fourth-order valence-electron chi connectivity index (χ4n) is 2.60. The number of primary amides is 1. The van der Waals surface area contributed by atoms with Crippen LogP contribution in [0.1, 0.15) is 24.0 Å². The molecule has 5 nitrogen and oxygen atoms in total. The third kappa shape index (κ3) is 3.32. The average Bonchev–Trinajstić information content (AvgIpc) is 2.79. The minimum atomic E-state index is -0.847. The molecule has 1 fully saturated rings. The van der Waals surface area contributed by atoms with Crippen LogP contribution in [0.3, 0.4) is 0 Å². The van der Waals surface area contributed by atoms with Crippen LogP contribution in [0.15, 0.2) is 24.3 Å². The number of carboxylic acids is 1. The van der Waals surface area contributed by atoms with E-state index in [-0.39, 0.29) is 18.4 Å². The van der Waals surface area contributed by atoms with Crippen LogP contribution in [0.2, 0.25) is 0 Å². The second-order valence-electron chi connectivity index (χ2n) is 4.87. The quantitative estimate of drug-likeness (QED) is 0.820. The number of rotatable bonds is 5. The maximum atomic E-state index is 11.4. The van der Waals surface area contributed by atoms with Gasteiger partial charge in [-0.2, -0.15) is 0 Å². The Morgan fingerprint density at radius 2 is 2.00 bits per heavy atom. The van der Waals surface area contributed by atoms with Crippen molar-refractivity contribution in [1.29, 1.82) is 0 Å². The van der Waals surface area contributed by atoms with E-state index in [1.807, 2.05) is 29.2 Å². The molecule has 0 aromatic heterocycles. The summed E-state index contributed by atoms with van der Waals surface area (Å²) in [7, 11) is 0. The summed E-state index contributed by atoms with van der Waals surface area (Å²) in [4.78, 5) is 24.2. The van der Waals surface area contributed by atoms with Crippen molar-refractivity contribution in [3.63, 3.8) is 0 Å². The molecule has 1 unspecified atom stereocenters. The molecule has 1 atom stereocenters. The molecular formula is C14H18N2O3. The van der Waals surface area contributed by atoms with Crippen molar-refractivity contribution < 1.29 is 14.7 Å². The third-order valence-electron chi connectivity index (χ3n) is 3.53. The predicted molar refractivity (Wildman–Crippen MR) is 70.4 cm³/mol. The molecule has 1 saturated heterocycles. The Morgan fingerprint density at radius 1 is 1.32 bits per heavy atom. The lowest BCUT2D eigenvalue weighted by atomic mass is 10.0. The molecule has 1 amide bonds. The van der Waals surface area contributed by atoms with Gasteiger partial charge in [0.15, 0.2) is 0 Å². The van der Waals surface area contributed by atoms with Gasteiger partial charge in [-0.25, -0.2) is 0 Å². The zero-order chi connectivity index (χ0) is 13.8. The van der Waals surface area contributed by atoms with Crippen LogP contribution in [-0.4, -0.2) is 34.5 Å². The molecule has 0 bridgehead atoms. The van der Waals surface area contributed by atoms with Gasteiger partial charge in [0.25, 0.3) is 0 Å². The van der Waals surface area contributed by atoms with E-state index in [1.165, 1.54) is 0 Å². The van der Waals surface area contributed by atoms with Gasteiger partial charge < -0.3 is 10.8 Å². The Morgan fingerprint density at radius 3 is 2.63 bits per heavy atom. The summed E-state index contributed by atoms with van der Waals surface area (Å²) >= 11 is 0. The molecule has 5 heteroatoms. The number of carbonyl (C=O) groups excluding carboxylic acids is 1. The first-order chi connectivity index (χ1) is 9.08. The van der Waals surface area contributed by atoms with Crippen LogP contribution in [0.25, 0.3) is 0 Å². The number of carboxylic acid groups (broad SMARTS) is 1. The van der Waals surface area contributed by atoms with Crippen molar-refractivity contribution >= 4 is 11.9 Å². The normalized spacial score (nSPS) is 19.5. The second-order valence-corrected chi connectivity index (χ2v) is 4.87. The van der Waals surface area contributed by atoms with Gasteiger partial charge in [-0.15, -0.1) is 0 Å². The number of amides is 1. The van der Waals surface area contributed by atoms with Gasteiger partial charge in [0, 0.05) is 6.54 Å². The topological polar surface area (TPSA) is 83.6 Å². The Labute approximate surface area is 112 Å². The van der Waals surface area contributed by atoms with Crippen molar-refractivity contribution in [2.45, 2.75) is 31.8 Å². The molecule has 0 spiro atoms. The van der Waals surface area contributed by atoms with E-state index in [1.54, 1.807) is 0 Å². The van der Waals surface area contributed by atoms with Crippen LogP contribution in [0, 0.1) is 0 Å². The summed E-state index contributed by atoms with van der Waals surface area (Å²) in [6.45, 7) is 1.41. The molecule has 19 heavy (non-hydrogen) atoms. The Bertz CT molecular complexity index is 487. The number of nitrogens with two attached hydrogens (primary N) is 1. The number of aliphatic carboxylic acids is 1. The Balaban J connectivity index is 2.14. The highest BCUT2D eigenvalue weighted by atomic mass is 16.4. The summed E-state index contributed by atoms with van der Waals surface area (Å²) in [5.74, 6) is -1.14. The highest BCUT2D eigenvalue weighted by molar-refractivity contribution is 5.80. The molecule has 0 aliphatic carbocycles. The summed E-state index contributed by atoms with van der Waals surface area (Å²) in [6, 6.07) is 7.22. The van der Waals surface area contributed by atoms with Crippen LogP contribution in [0.5, 0.6) is 0 Å². The summed E-state index contributed by atoms with van der Waals surface area (Å²) in [6.07, 6.45) is 1.75. The van der Waals surface area contributed by atoms with E-state index >= 15 is 0 Å². The Hall–Kier alpha value is -1.88. The molecule has 0 radical (unpaired) electrons. The summed E-state index contributed by atoms with van der Waals surface area (Å²) in [5, 5.41) is 8.90. The van der Waals surface area contributed by atoms with Gasteiger partial charge in [-0.1, -0.05) is 24.3 Å². The van der Waals surface area contributed by atoms with Gasteiger partial charge >= 0.3 is 5.97 Å². The number of hydrogen-bond acceptors (Lipinski definition) is 3. The Kier molecular flexibility index (Phi) is 4.16. The number of likely N-dealkylation sites (tertiary alicyclic amines) is 1. The minimum absolute atomic E-state index is 0.00521. The molecule has 1 aliphatic rings. The third-order valence-corrected chi connectivity index (χ3v) is 3.53. The fraction of sp³-hybridized carbons (Fsp3) is 0.429. The van der Waals surface area contributed by atoms with Gasteiger partial charge in [-0.3, -0.25) is 14.5 Å². The highest BCUT2D eigenvalue weighted by Crippen LogP contribution is 2.21. The average molecular weight is 262 g/mol. The highest BCUT2D eigenvalue weighted by Gasteiger charge is 2.29. The second kappa shape index (κ2) is 5.84. The lowest BCUT2D eigenvalue weighted by Crippen LogP contribution is -2.39. The van der Waals surface area contributed by atoms with E-state index in [0.717, 1.165) is 30.5 Å². The number of benzene rings is 1. The number of nitrogens with zero attached hydrogens (tertiary/aromatic N) is 1. The van der Waals surface area contributed by atoms with Crippen molar-refractivity contribution in [2.75, 3.05) is 6.54 Å². The molecule has 0 saturated carbocycles. The van der Waals surface area contributed by atoms with Crippen molar-refractivity contribution in [3.05, 3.63) is 35.4 Å². The molecule has 1 aromatic carbocycles. The van der Waals surface area contributed by atoms with Crippen LogP contribution < -0.4 is 5.73 Å². The first-order valence-electron chi connectivity index (χ1n) is 6.40. The minimum Gasteiger partial charge on any atom is -0.481 e. The zero-order valence-electron chi connectivity index (χ0n) is 10.7. The SMILES string of the molecule is NC(=O)C1CCCN1Cc1ccccc1CC(=O)O. The zero-order valence-corrected chi connectivity index (χ0v) is 10.7. The lowest BCUT2D eigenvalue weighted by Gasteiger charge is -2.23. The van der Waals surface area contributed by atoms with Crippen LogP contribution in [0.4, 0.5) is 0 Å². The summed E-state index contributed by atoms with van der Waals surface area (Å²) < 4.78 is 0. The maximum absolute atomic E-state index is 11.4. The molecular weight excluding hydrogens is 244 g/mol. The first-order valence-corrected chi connectivity index (χ1v) is 6.40. The van der Waals surface area contributed by atoms with Crippen molar-refractivity contribution in [2.24, 2.45) is 5.73 Å². The van der Waals surface area contributed by atoms with Crippen LogP contribution in [-0.2, 0) is 22.6 Å². The van der Waals surface area contributed by atoms with Crippen LogP contribution >= 0.6 is 0 Å². The molecule has 102 valence electrons. The standard InChI is InChI=1S/C14H18N2O3/c15-14(19)12-6-3-7-16(12)9-11-5-2-1-4-10(11)8-13(17)18/h1-2,4-5,12H,3,6-9H2,(H2,15,19)(H,17,18). The maximum Gasteiger partial charge on any atom is 0.307 e. The predicted octanol–water partition coefficient (Wildman–Crippen LogP) is 0.763. The van der Waals surface area contributed by atoms with E-state index in [9.17, 15) is 9.59 Å². The lowest BCUT2D eigenvalue weighted by molar-refractivity contribution is -0.136. The van der Waals surface area contributed by atoms with Gasteiger partial charge in [-0.05, 0) is 30.5 Å². The van der Waals surface area contributed by atoms with E-state index in [4.69, 9.17) is 10.8 Å².